The molecule has 2 rings (SSSR count). The summed E-state index contributed by atoms with van der Waals surface area (Å²) in [6, 6.07) is 8.92. The van der Waals surface area contributed by atoms with Crippen molar-refractivity contribution < 1.29 is 4.74 Å². The van der Waals surface area contributed by atoms with Crippen LogP contribution in [0, 0.1) is 5.92 Å². The minimum atomic E-state index is 0.634. The van der Waals surface area contributed by atoms with E-state index < -0.39 is 0 Å². The van der Waals surface area contributed by atoms with Gasteiger partial charge in [-0.3, -0.25) is 4.99 Å². The van der Waals surface area contributed by atoms with E-state index in [0.29, 0.717) is 5.92 Å². The van der Waals surface area contributed by atoms with Crippen molar-refractivity contribution in [2.45, 2.75) is 33.1 Å². The quantitative estimate of drug-likeness (QED) is 0.620. The second-order valence-electron chi connectivity index (χ2n) is 6.15. The number of guanidine groups is 1. The van der Waals surface area contributed by atoms with Gasteiger partial charge in [-0.2, -0.15) is 0 Å². The number of aliphatic imine (C=N–C) groups is 1. The molecule has 1 saturated heterocycles. The molecule has 1 unspecified atom stereocenters. The summed E-state index contributed by atoms with van der Waals surface area (Å²) >= 11 is 0. The molecule has 1 N–H and O–H groups in total. The van der Waals surface area contributed by atoms with Crippen LogP contribution in [0.3, 0.4) is 0 Å². The molecule has 0 radical (unpaired) electrons. The number of hydrogen-bond acceptors (Lipinski definition) is 2. The standard InChI is InChI=1S/C19H31N3O/c1-4-16-6-8-17(9-7-16)10-12-21-19(20-3)22-13-11-18(14-22)15-23-5-2/h6-9,18H,4-5,10-15H2,1-3H3,(H,20,21). The van der Waals surface area contributed by atoms with E-state index in [1.54, 1.807) is 0 Å². The molecule has 128 valence electrons. The molecular weight excluding hydrogens is 286 g/mol. The third-order valence-electron chi connectivity index (χ3n) is 4.48. The summed E-state index contributed by atoms with van der Waals surface area (Å²) in [4.78, 5) is 6.79. The molecule has 1 aliphatic heterocycles. The lowest BCUT2D eigenvalue weighted by atomic mass is 10.1. The first kappa shape index (κ1) is 17.8. The van der Waals surface area contributed by atoms with Gasteiger partial charge in [-0.05, 0) is 37.3 Å². The number of nitrogens with one attached hydrogen (secondary N) is 1. The smallest absolute Gasteiger partial charge is 0.193 e. The Morgan fingerprint density at radius 2 is 2.00 bits per heavy atom. The van der Waals surface area contributed by atoms with Crippen LogP contribution in [-0.4, -0.2) is 50.8 Å². The molecule has 0 bridgehead atoms. The number of hydrogen-bond donors (Lipinski definition) is 1. The average molecular weight is 317 g/mol. The molecule has 1 heterocycles. The first-order chi connectivity index (χ1) is 11.3. The molecule has 0 amide bonds. The summed E-state index contributed by atoms with van der Waals surface area (Å²) in [5.74, 6) is 1.66. The Kier molecular flexibility index (Phi) is 7.40. The summed E-state index contributed by atoms with van der Waals surface area (Å²) in [5, 5.41) is 3.50. The fraction of sp³-hybridized carbons (Fsp3) is 0.632. The minimum absolute atomic E-state index is 0.634. The van der Waals surface area contributed by atoms with E-state index in [9.17, 15) is 0 Å². The van der Waals surface area contributed by atoms with Gasteiger partial charge in [0, 0.05) is 39.2 Å². The largest absolute Gasteiger partial charge is 0.381 e. The van der Waals surface area contributed by atoms with Crippen LogP contribution in [-0.2, 0) is 17.6 Å². The molecule has 0 aliphatic carbocycles. The van der Waals surface area contributed by atoms with Crippen molar-refractivity contribution in [1.29, 1.82) is 0 Å². The second-order valence-corrected chi connectivity index (χ2v) is 6.15. The summed E-state index contributed by atoms with van der Waals surface area (Å²) in [7, 11) is 1.87. The maximum atomic E-state index is 5.55. The lowest BCUT2D eigenvalue weighted by Gasteiger charge is -2.21. The van der Waals surface area contributed by atoms with Crippen molar-refractivity contribution in [3.8, 4) is 0 Å². The van der Waals surface area contributed by atoms with Crippen LogP contribution in [0.4, 0.5) is 0 Å². The van der Waals surface area contributed by atoms with Gasteiger partial charge in [0.25, 0.3) is 0 Å². The fourth-order valence-corrected chi connectivity index (χ4v) is 3.04. The third-order valence-corrected chi connectivity index (χ3v) is 4.48. The van der Waals surface area contributed by atoms with Crippen molar-refractivity contribution in [2.24, 2.45) is 10.9 Å². The van der Waals surface area contributed by atoms with Crippen molar-refractivity contribution in [2.75, 3.05) is 39.9 Å². The highest BCUT2D eigenvalue weighted by molar-refractivity contribution is 5.80. The molecular formula is C19H31N3O. The third kappa shape index (κ3) is 5.54. The van der Waals surface area contributed by atoms with Gasteiger partial charge in [0.2, 0.25) is 0 Å². The SMILES string of the molecule is CCOCC1CCN(C(=NC)NCCc2ccc(CC)cc2)C1. The monoisotopic (exact) mass is 317 g/mol. The van der Waals surface area contributed by atoms with Gasteiger partial charge in [0.1, 0.15) is 0 Å². The van der Waals surface area contributed by atoms with Crippen molar-refractivity contribution in [3.05, 3.63) is 35.4 Å². The fourth-order valence-electron chi connectivity index (χ4n) is 3.04. The van der Waals surface area contributed by atoms with Crippen molar-refractivity contribution >= 4 is 5.96 Å². The minimum Gasteiger partial charge on any atom is -0.381 e. The topological polar surface area (TPSA) is 36.9 Å². The molecule has 23 heavy (non-hydrogen) atoms. The van der Waals surface area contributed by atoms with Gasteiger partial charge in [0.15, 0.2) is 5.96 Å². The van der Waals surface area contributed by atoms with E-state index in [1.165, 1.54) is 17.5 Å². The Bertz CT molecular complexity index is 484. The van der Waals surface area contributed by atoms with Crippen LogP contribution < -0.4 is 5.32 Å². The summed E-state index contributed by atoms with van der Waals surface area (Å²) in [6.45, 7) is 8.96. The number of likely N-dealkylation sites (tertiary alicyclic amines) is 1. The van der Waals surface area contributed by atoms with Gasteiger partial charge >= 0.3 is 0 Å². The number of ether oxygens (including phenoxy) is 1. The van der Waals surface area contributed by atoms with Crippen LogP contribution in [0.15, 0.2) is 29.3 Å². The molecule has 1 aromatic carbocycles. The molecule has 1 aromatic rings. The first-order valence-electron chi connectivity index (χ1n) is 8.88. The zero-order valence-corrected chi connectivity index (χ0v) is 14.8. The van der Waals surface area contributed by atoms with E-state index in [2.05, 4.69) is 53.3 Å². The second kappa shape index (κ2) is 9.56. The lowest BCUT2D eigenvalue weighted by Crippen LogP contribution is -2.41. The average Bonchev–Trinajstić information content (AvgIpc) is 3.06. The number of benzene rings is 1. The maximum Gasteiger partial charge on any atom is 0.193 e. The van der Waals surface area contributed by atoms with Gasteiger partial charge < -0.3 is 15.0 Å². The van der Waals surface area contributed by atoms with E-state index in [4.69, 9.17) is 4.74 Å². The Morgan fingerprint density at radius 3 is 2.65 bits per heavy atom. The highest BCUT2D eigenvalue weighted by Crippen LogP contribution is 2.16. The molecule has 0 aromatic heterocycles. The predicted molar refractivity (Wildman–Crippen MR) is 97.1 cm³/mol. The van der Waals surface area contributed by atoms with Crippen molar-refractivity contribution in [3.63, 3.8) is 0 Å². The molecule has 4 nitrogen and oxygen atoms in total. The molecule has 0 spiro atoms. The predicted octanol–water partition coefficient (Wildman–Crippen LogP) is 2.73. The van der Waals surface area contributed by atoms with Crippen LogP contribution in [0.2, 0.25) is 0 Å². The Morgan fingerprint density at radius 1 is 1.26 bits per heavy atom. The maximum absolute atomic E-state index is 5.55. The van der Waals surface area contributed by atoms with Crippen molar-refractivity contribution in [1.82, 2.24) is 10.2 Å². The normalized spacial score (nSPS) is 18.5. The van der Waals surface area contributed by atoms with Crippen LogP contribution in [0.1, 0.15) is 31.4 Å². The first-order valence-corrected chi connectivity index (χ1v) is 8.88. The van der Waals surface area contributed by atoms with Crippen LogP contribution >= 0.6 is 0 Å². The number of aryl methyl sites for hydroxylation is 1. The molecule has 1 fully saturated rings. The molecule has 0 saturated carbocycles. The molecule has 4 heteroatoms. The van der Waals surface area contributed by atoms with Gasteiger partial charge in [-0.25, -0.2) is 0 Å². The highest BCUT2D eigenvalue weighted by Gasteiger charge is 2.24. The Balaban J connectivity index is 1.74. The van der Waals surface area contributed by atoms with Gasteiger partial charge in [-0.15, -0.1) is 0 Å². The van der Waals surface area contributed by atoms with E-state index in [-0.39, 0.29) is 0 Å². The van der Waals surface area contributed by atoms with E-state index in [1.807, 2.05) is 7.05 Å². The van der Waals surface area contributed by atoms with Crippen LogP contribution in [0.25, 0.3) is 0 Å². The van der Waals surface area contributed by atoms with Gasteiger partial charge in [-0.1, -0.05) is 31.2 Å². The summed E-state index contributed by atoms with van der Waals surface area (Å²) in [6.07, 6.45) is 3.32. The Labute approximate surface area is 140 Å². The zero-order chi connectivity index (χ0) is 16.5. The Hall–Kier alpha value is -1.55. The number of nitrogens with zero attached hydrogens (tertiary/aromatic N) is 2. The highest BCUT2D eigenvalue weighted by atomic mass is 16.5. The van der Waals surface area contributed by atoms with Gasteiger partial charge in [0.05, 0.1) is 6.61 Å². The summed E-state index contributed by atoms with van der Waals surface area (Å²) < 4.78 is 5.55. The molecule has 1 atom stereocenters. The zero-order valence-electron chi connectivity index (χ0n) is 14.8. The summed E-state index contributed by atoms with van der Waals surface area (Å²) in [5.41, 5.74) is 2.77. The van der Waals surface area contributed by atoms with E-state index in [0.717, 1.165) is 51.6 Å². The van der Waals surface area contributed by atoms with Crippen LogP contribution in [0.5, 0.6) is 0 Å². The molecule has 1 aliphatic rings. The number of rotatable bonds is 7. The lowest BCUT2D eigenvalue weighted by molar-refractivity contribution is 0.114. The van der Waals surface area contributed by atoms with E-state index >= 15 is 0 Å².